The van der Waals surface area contributed by atoms with Crippen LogP contribution in [-0.2, 0) is 11.8 Å². The van der Waals surface area contributed by atoms with Gasteiger partial charge in [0.25, 0.3) is 0 Å². The molecule has 1 aromatic carbocycles. The molecule has 0 aromatic heterocycles. The lowest BCUT2D eigenvalue weighted by Gasteiger charge is -2.21. The normalized spacial score (nSPS) is 12.8. The van der Waals surface area contributed by atoms with Crippen molar-refractivity contribution in [3.05, 3.63) is 35.4 Å². The molecular formula is C17H29N. The fourth-order valence-corrected chi connectivity index (χ4v) is 1.95. The molecule has 0 aliphatic heterocycles. The van der Waals surface area contributed by atoms with Crippen molar-refractivity contribution in [1.29, 1.82) is 0 Å². The first kappa shape index (κ1) is 15.2. The van der Waals surface area contributed by atoms with E-state index in [1.54, 1.807) is 0 Å². The van der Waals surface area contributed by atoms with Crippen LogP contribution in [0.15, 0.2) is 24.3 Å². The summed E-state index contributed by atoms with van der Waals surface area (Å²) in [5.41, 5.74) is 3.37. The lowest BCUT2D eigenvalue weighted by atomic mass is 9.86. The first-order valence-corrected chi connectivity index (χ1v) is 7.03. The summed E-state index contributed by atoms with van der Waals surface area (Å²) >= 11 is 0. The van der Waals surface area contributed by atoms with Crippen molar-refractivity contribution in [2.24, 2.45) is 0 Å². The van der Waals surface area contributed by atoms with E-state index in [1.165, 1.54) is 17.5 Å². The van der Waals surface area contributed by atoms with Gasteiger partial charge in [-0.3, -0.25) is 0 Å². The van der Waals surface area contributed by atoms with E-state index in [2.05, 4.69) is 71.1 Å². The van der Waals surface area contributed by atoms with Crippen LogP contribution in [0.1, 0.15) is 59.1 Å². The molecule has 0 bridgehead atoms. The fraction of sp³-hybridized carbons (Fsp3) is 0.647. The Kier molecular flexibility index (Phi) is 4.98. The molecule has 0 spiro atoms. The van der Waals surface area contributed by atoms with Crippen molar-refractivity contribution in [3.8, 4) is 0 Å². The molecule has 0 amide bonds. The molecule has 1 aromatic rings. The van der Waals surface area contributed by atoms with E-state index in [-0.39, 0.29) is 11.0 Å². The molecule has 0 saturated carbocycles. The van der Waals surface area contributed by atoms with E-state index in [9.17, 15) is 0 Å². The van der Waals surface area contributed by atoms with Gasteiger partial charge in [-0.25, -0.2) is 0 Å². The first-order valence-electron chi connectivity index (χ1n) is 7.03. The smallest absolute Gasteiger partial charge is 0.00965 e. The Morgan fingerprint density at radius 1 is 1.00 bits per heavy atom. The minimum absolute atomic E-state index is 0.229. The zero-order valence-electron chi connectivity index (χ0n) is 12.9. The SMILES string of the molecule is CC(C)(C)NCCCc1cccc(C(C)(C)C)c1. The monoisotopic (exact) mass is 247 g/mol. The summed E-state index contributed by atoms with van der Waals surface area (Å²) in [4.78, 5) is 0. The third kappa shape index (κ3) is 5.68. The topological polar surface area (TPSA) is 12.0 Å². The maximum absolute atomic E-state index is 3.54. The van der Waals surface area contributed by atoms with Crippen LogP contribution in [0.25, 0.3) is 0 Å². The predicted molar refractivity (Wildman–Crippen MR) is 81.2 cm³/mol. The molecule has 0 unspecified atom stereocenters. The fourth-order valence-electron chi connectivity index (χ4n) is 1.95. The molecule has 0 atom stereocenters. The van der Waals surface area contributed by atoms with Crippen LogP contribution >= 0.6 is 0 Å². The molecule has 1 rings (SSSR count). The van der Waals surface area contributed by atoms with Gasteiger partial charge >= 0.3 is 0 Å². The van der Waals surface area contributed by atoms with Crippen molar-refractivity contribution in [1.82, 2.24) is 5.32 Å². The molecule has 0 aliphatic carbocycles. The standard InChI is InChI=1S/C17H29N/c1-16(2,3)15-11-7-9-14(13-15)10-8-12-18-17(4,5)6/h7,9,11,13,18H,8,10,12H2,1-6H3. The Hall–Kier alpha value is -0.820. The van der Waals surface area contributed by atoms with E-state index in [1.807, 2.05) is 0 Å². The summed E-state index contributed by atoms with van der Waals surface area (Å²) in [7, 11) is 0. The number of nitrogens with one attached hydrogen (secondary N) is 1. The van der Waals surface area contributed by atoms with Crippen LogP contribution in [0, 0.1) is 0 Å². The zero-order chi connectivity index (χ0) is 13.8. The molecular weight excluding hydrogens is 218 g/mol. The number of hydrogen-bond donors (Lipinski definition) is 1. The van der Waals surface area contributed by atoms with Crippen molar-refractivity contribution >= 4 is 0 Å². The van der Waals surface area contributed by atoms with Gasteiger partial charge in [0.1, 0.15) is 0 Å². The van der Waals surface area contributed by atoms with Crippen LogP contribution in [0.5, 0.6) is 0 Å². The van der Waals surface area contributed by atoms with Gasteiger partial charge in [0.2, 0.25) is 0 Å². The van der Waals surface area contributed by atoms with Gasteiger partial charge in [-0.2, -0.15) is 0 Å². The number of rotatable bonds is 4. The second-order valence-electron chi connectivity index (χ2n) is 7.23. The van der Waals surface area contributed by atoms with Crippen molar-refractivity contribution in [2.45, 2.75) is 65.3 Å². The highest BCUT2D eigenvalue weighted by Gasteiger charge is 2.13. The molecule has 1 heteroatoms. The first-order chi connectivity index (χ1) is 8.18. The van der Waals surface area contributed by atoms with E-state index in [4.69, 9.17) is 0 Å². The summed E-state index contributed by atoms with van der Waals surface area (Å²) in [5.74, 6) is 0. The molecule has 1 N–H and O–H groups in total. The maximum Gasteiger partial charge on any atom is 0.00965 e. The van der Waals surface area contributed by atoms with Gasteiger partial charge in [0.05, 0.1) is 0 Å². The number of hydrogen-bond acceptors (Lipinski definition) is 1. The predicted octanol–water partition coefficient (Wildman–Crippen LogP) is 4.30. The Balaban J connectivity index is 2.49. The van der Waals surface area contributed by atoms with E-state index >= 15 is 0 Å². The minimum Gasteiger partial charge on any atom is -0.312 e. The van der Waals surface area contributed by atoms with Crippen molar-refractivity contribution in [2.75, 3.05) is 6.54 Å². The molecule has 18 heavy (non-hydrogen) atoms. The second-order valence-corrected chi connectivity index (χ2v) is 7.23. The van der Waals surface area contributed by atoms with Gasteiger partial charge in [-0.15, -0.1) is 0 Å². The summed E-state index contributed by atoms with van der Waals surface area (Å²) < 4.78 is 0. The lowest BCUT2D eigenvalue weighted by Crippen LogP contribution is -2.36. The van der Waals surface area contributed by atoms with Gasteiger partial charge in [-0.1, -0.05) is 45.0 Å². The lowest BCUT2D eigenvalue weighted by molar-refractivity contribution is 0.422. The maximum atomic E-state index is 3.54. The summed E-state index contributed by atoms with van der Waals surface area (Å²) in [6.07, 6.45) is 2.36. The van der Waals surface area contributed by atoms with Crippen LogP contribution < -0.4 is 5.32 Å². The third-order valence-corrected chi connectivity index (χ3v) is 3.09. The van der Waals surface area contributed by atoms with Crippen LogP contribution in [0.3, 0.4) is 0 Å². The summed E-state index contributed by atoms with van der Waals surface area (Å²) in [5, 5.41) is 3.54. The highest BCUT2D eigenvalue weighted by atomic mass is 14.9. The average molecular weight is 247 g/mol. The molecule has 0 heterocycles. The second kappa shape index (κ2) is 5.88. The quantitative estimate of drug-likeness (QED) is 0.782. The Labute approximate surface area is 113 Å². The molecule has 0 saturated heterocycles. The third-order valence-electron chi connectivity index (χ3n) is 3.09. The van der Waals surface area contributed by atoms with Crippen LogP contribution in [0.2, 0.25) is 0 Å². The summed E-state index contributed by atoms with van der Waals surface area (Å²) in [6, 6.07) is 9.02. The van der Waals surface area contributed by atoms with Gasteiger partial charge in [0.15, 0.2) is 0 Å². The van der Waals surface area contributed by atoms with Crippen LogP contribution in [-0.4, -0.2) is 12.1 Å². The number of aryl methyl sites for hydroxylation is 1. The Bertz CT molecular complexity index is 366. The Morgan fingerprint density at radius 3 is 2.22 bits per heavy atom. The molecule has 102 valence electrons. The Morgan fingerprint density at radius 2 is 1.67 bits per heavy atom. The highest BCUT2D eigenvalue weighted by Crippen LogP contribution is 2.23. The van der Waals surface area contributed by atoms with Crippen molar-refractivity contribution < 1.29 is 0 Å². The largest absolute Gasteiger partial charge is 0.312 e. The van der Waals surface area contributed by atoms with E-state index in [0.29, 0.717) is 0 Å². The average Bonchev–Trinajstić information content (AvgIpc) is 2.22. The zero-order valence-corrected chi connectivity index (χ0v) is 12.9. The van der Waals surface area contributed by atoms with Gasteiger partial charge in [-0.05, 0) is 56.7 Å². The molecule has 0 aliphatic rings. The number of benzene rings is 1. The van der Waals surface area contributed by atoms with Gasteiger partial charge in [0, 0.05) is 5.54 Å². The highest BCUT2D eigenvalue weighted by molar-refractivity contribution is 5.28. The molecule has 0 fully saturated rings. The van der Waals surface area contributed by atoms with Gasteiger partial charge < -0.3 is 5.32 Å². The minimum atomic E-state index is 0.229. The van der Waals surface area contributed by atoms with E-state index < -0.39 is 0 Å². The molecule has 0 radical (unpaired) electrons. The van der Waals surface area contributed by atoms with E-state index in [0.717, 1.165) is 13.0 Å². The molecule has 1 nitrogen and oxygen atoms in total. The van der Waals surface area contributed by atoms with Crippen LogP contribution in [0.4, 0.5) is 0 Å². The van der Waals surface area contributed by atoms with Crippen molar-refractivity contribution in [3.63, 3.8) is 0 Å². The summed E-state index contributed by atoms with van der Waals surface area (Å²) in [6.45, 7) is 14.5.